The molecule has 0 radical (unpaired) electrons. The van der Waals surface area contributed by atoms with Gasteiger partial charge in [0.1, 0.15) is 35.7 Å². The highest BCUT2D eigenvalue weighted by Gasteiger charge is 2.34. The van der Waals surface area contributed by atoms with E-state index in [1.165, 1.54) is 127 Å². The van der Waals surface area contributed by atoms with Crippen LogP contribution in [0.3, 0.4) is 0 Å². The second kappa shape index (κ2) is 26.8. The number of aliphatic carboxylic acids is 1. The van der Waals surface area contributed by atoms with Crippen LogP contribution in [0.2, 0.25) is 0 Å². The molecule has 0 saturated carbocycles. The van der Waals surface area contributed by atoms with Crippen LogP contribution in [0.15, 0.2) is 36.4 Å². The molecule has 8 N–H and O–H groups in total. The fourth-order valence-electron chi connectivity index (χ4n) is 7.60. The van der Waals surface area contributed by atoms with E-state index in [4.69, 9.17) is 0 Å². The molecule has 0 fully saturated rings. The third-order valence-corrected chi connectivity index (χ3v) is 11.8. The number of aromatic hydroxyl groups is 2. The number of hydrogen-bond donors (Lipinski definition) is 8. The Morgan fingerprint density at radius 3 is 1.89 bits per heavy atom. The Bertz CT molecular complexity index is 1910. The van der Waals surface area contributed by atoms with Gasteiger partial charge in [0.2, 0.25) is 35.4 Å². The number of aliphatic hydroxyl groups is 1. The smallest absolute Gasteiger partial charge is 0.326 e. The summed E-state index contributed by atoms with van der Waals surface area (Å²) in [6.07, 6.45) is 15.3. The van der Waals surface area contributed by atoms with Crippen molar-refractivity contribution in [1.29, 1.82) is 0 Å². The molecule has 0 spiro atoms. The molecule has 0 aliphatic carbocycles. The van der Waals surface area contributed by atoms with Crippen LogP contribution in [-0.2, 0) is 40.0 Å². The van der Waals surface area contributed by atoms with E-state index in [1.807, 2.05) is 0 Å². The number of unbranched alkanes of at least 4 members (excludes halogenated alkanes) is 12. The predicted molar refractivity (Wildman–Crippen MR) is 241 cm³/mol. The number of fused-ring (bicyclic) bond motifs is 5. The van der Waals surface area contributed by atoms with Gasteiger partial charge in [-0.05, 0) is 48.7 Å². The molecule has 0 saturated heterocycles. The molecule has 64 heavy (non-hydrogen) atoms. The van der Waals surface area contributed by atoms with E-state index >= 15 is 0 Å². The maximum atomic E-state index is 13.9. The topological polar surface area (TPSA) is 255 Å². The quantitative estimate of drug-likeness (QED) is 0.0698. The van der Waals surface area contributed by atoms with Crippen LogP contribution >= 0.6 is 0 Å². The number of amides is 6. The third kappa shape index (κ3) is 16.1. The van der Waals surface area contributed by atoms with Gasteiger partial charge in [-0.25, -0.2) is 4.79 Å². The van der Waals surface area contributed by atoms with E-state index in [0.29, 0.717) is 12.0 Å². The number of carboxylic acid groups (broad SMARTS) is 1. The first-order valence-corrected chi connectivity index (χ1v) is 22.7. The van der Waals surface area contributed by atoms with Crippen molar-refractivity contribution in [3.05, 3.63) is 47.5 Å². The number of carboxylic acids is 1. The van der Waals surface area contributed by atoms with Crippen LogP contribution in [0.1, 0.15) is 128 Å². The monoisotopic (exact) mass is 895 g/mol. The van der Waals surface area contributed by atoms with Gasteiger partial charge < -0.3 is 51.5 Å². The van der Waals surface area contributed by atoms with E-state index in [-0.39, 0.29) is 53.5 Å². The lowest BCUT2D eigenvalue weighted by Crippen LogP contribution is -2.53. The molecule has 1 heterocycles. The molecular weight excluding hydrogens is 825 g/mol. The summed E-state index contributed by atoms with van der Waals surface area (Å²) in [4.78, 5) is 93.9. The molecule has 3 rings (SSSR count). The predicted octanol–water partition coefficient (Wildman–Crippen LogP) is 4.06. The van der Waals surface area contributed by atoms with Crippen molar-refractivity contribution in [3.8, 4) is 22.6 Å². The Kier molecular flexibility index (Phi) is 22.0. The summed E-state index contributed by atoms with van der Waals surface area (Å²) < 4.78 is 0. The van der Waals surface area contributed by atoms with Crippen molar-refractivity contribution >= 4 is 41.4 Å². The standard InChI is InChI=1S/C47H70N6O11/c1-6-7-8-9-10-11-12-13-14-15-16-17-18-19-40(57)52(4)37(29-54)45(61)48-27-30(2)43(59)49-28-41(58)53(5)42-33-21-23-39(56)35(26-33)34-24-32(20-22-38(34)55)25-36(47(63)64)51-44(60)31(3)50-46(42)62/h20-24,26,30-31,36-37,42,54-56H,6-19,25,27-29H2,1-5H3,(H,48,61)(H,49,59)(H,50,62)(H,51,60)(H,63,64)/t30?,31-,36-,37-,42-/m0/s1. The van der Waals surface area contributed by atoms with Crippen molar-refractivity contribution < 1.29 is 54.0 Å². The number of phenolic OH excluding ortho intramolecular Hbond substituents is 2. The lowest BCUT2D eigenvalue weighted by Gasteiger charge is -2.30. The first-order chi connectivity index (χ1) is 30.5. The third-order valence-electron chi connectivity index (χ3n) is 11.8. The number of carbonyl (C=O) groups excluding carboxylic acids is 6. The van der Waals surface area contributed by atoms with Crippen LogP contribution in [-0.4, -0.2) is 124 Å². The Morgan fingerprint density at radius 1 is 0.750 bits per heavy atom. The van der Waals surface area contributed by atoms with Crippen LogP contribution in [0.25, 0.3) is 11.1 Å². The molecule has 1 aliphatic heterocycles. The molecule has 1 unspecified atom stereocenters. The van der Waals surface area contributed by atoms with Gasteiger partial charge in [-0.1, -0.05) is 103 Å². The van der Waals surface area contributed by atoms with Crippen molar-refractivity contribution in [3.63, 3.8) is 0 Å². The van der Waals surface area contributed by atoms with Gasteiger partial charge in [-0.3, -0.25) is 28.8 Å². The Labute approximate surface area is 376 Å². The first kappa shape index (κ1) is 52.6. The number of nitrogens with zero attached hydrogens (tertiary/aromatic N) is 2. The molecule has 17 nitrogen and oxygen atoms in total. The fraction of sp³-hybridized carbons (Fsp3) is 0.596. The van der Waals surface area contributed by atoms with Crippen LogP contribution in [0.5, 0.6) is 11.5 Å². The maximum Gasteiger partial charge on any atom is 0.326 e. The zero-order valence-corrected chi connectivity index (χ0v) is 38.1. The van der Waals surface area contributed by atoms with Gasteiger partial charge in [0.15, 0.2) is 0 Å². The van der Waals surface area contributed by atoms with Gasteiger partial charge in [-0.2, -0.15) is 0 Å². The second-order valence-corrected chi connectivity index (χ2v) is 16.9. The maximum absolute atomic E-state index is 13.9. The highest BCUT2D eigenvalue weighted by atomic mass is 16.4. The summed E-state index contributed by atoms with van der Waals surface area (Å²) in [6.45, 7) is 3.70. The lowest BCUT2D eigenvalue weighted by atomic mass is 9.94. The van der Waals surface area contributed by atoms with Crippen molar-refractivity contribution in [2.45, 2.75) is 141 Å². The summed E-state index contributed by atoms with van der Waals surface area (Å²) >= 11 is 0. The minimum Gasteiger partial charge on any atom is -0.507 e. The minimum atomic E-state index is -1.45. The van der Waals surface area contributed by atoms with Crippen molar-refractivity contribution in [1.82, 2.24) is 31.1 Å². The second-order valence-electron chi connectivity index (χ2n) is 16.9. The molecule has 1 aliphatic rings. The number of likely N-dealkylation sites (N-methyl/N-ethyl adjacent to an activating group) is 2. The normalized spacial score (nSPS) is 17.2. The number of benzene rings is 2. The van der Waals surface area contributed by atoms with E-state index in [9.17, 15) is 54.0 Å². The SMILES string of the molecule is CCCCCCCCCCCCCCCC(=O)N(C)[C@@H](CO)C(=O)NCC(C)C(=O)NCC(=O)N(C)[C@@H]1C(=O)N[C@@H](C)C(=O)N[C@H](C(=O)O)Cc2ccc(O)c(c2)-c2cc1ccc2O. The van der Waals surface area contributed by atoms with Gasteiger partial charge in [-0.15, -0.1) is 0 Å². The molecule has 6 amide bonds. The van der Waals surface area contributed by atoms with E-state index in [1.54, 1.807) is 0 Å². The fourth-order valence-corrected chi connectivity index (χ4v) is 7.60. The summed E-state index contributed by atoms with van der Waals surface area (Å²) in [7, 11) is 2.76. The molecule has 5 atom stereocenters. The lowest BCUT2D eigenvalue weighted by molar-refractivity contribution is -0.143. The summed E-state index contributed by atoms with van der Waals surface area (Å²) in [6, 6.07) is 3.03. The Hall–Kier alpha value is -5.71. The number of carbonyl (C=O) groups is 7. The Morgan fingerprint density at radius 2 is 1.31 bits per heavy atom. The molecular formula is C47H70N6O11. The zero-order chi connectivity index (χ0) is 47.3. The number of hydrogen-bond acceptors (Lipinski definition) is 10. The first-order valence-electron chi connectivity index (χ1n) is 22.7. The average Bonchev–Trinajstić information content (AvgIpc) is 3.26. The van der Waals surface area contributed by atoms with Crippen molar-refractivity contribution in [2.75, 3.05) is 33.8 Å². The zero-order valence-electron chi connectivity index (χ0n) is 38.1. The summed E-state index contributed by atoms with van der Waals surface area (Å²) in [5.74, 6) is -6.67. The van der Waals surface area contributed by atoms with E-state index < -0.39 is 78.7 Å². The van der Waals surface area contributed by atoms with Crippen LogP contribution in [0.4, 0.5) is 0 Å². The highest BCUT2D eigenvalue weighted by molar-refractivity contribution is 5.95. The number of nitrogens with one attached hydrogen (secondary N) is 4. The van der Waals surface area contributed by atoms with Crippen LogP contribution < -0.4 is 21.3 Å². The van der Waals surface area contributed by atoms with Crippen LogP contribution in [0, 0.1) is 5.92 Å². The summed E-state index contributed by atoms with van der Waals surface area (Å²) in [5.41, 5.74) is 0.772. The van der Waals surface area contributed by atoms with Gasteiger partial charge in [0, 0.05) is 44.6 Å². The summed E-state index contributed by atoms with van der Waals surface area (Å²) in [5, 5.41) is 51.5. The minimum absolute atomic E-state index is 0.0782. The molecule has 354 valence electrons. The largest absolute Gasteiger partial charge is 0.507 e. The van der Waals surface area contributed by atoms with Gasteiger partial charge in [0.25, 0.3) is 0 Å². The molecule has 2 aromatic carbocycles. The number of rotatable bonds is 24. The molecule has 0 aromatic heterocycles. The Balaban J connectivity index is 1.57. The highest BCUT2D eigenvalue weighted by Crippen LogP contribution is 2.38. The van der Waals surface area contributed by atoms with E-state index in [0.717, 1.165) is 24.2 Å². The molecule has 2 aromatic rings. The molecule has 17 heteroatoms. The van der Waals surface area contributed by atoms with Gasteiger partial charge in [0.05, 0.1) is 19.1 Å². The average molecular weight is 895 g/mol. The number of phenols is 2. The molecule has 4 bridgehead atoms. The van der Waals surface area contributed by atoms with E-state index in [2.05, 4.69) is 28.2 Å². The van der Waals surface area contributed by atoms with Crippen molar-refractivity contribution in [2.24, 2.45) is 5.92 Å². The number of aliphatic hydroxyl groups excluding tert-OH is 1. The van der Waals surface area contributed by atoms with Gasteiger partial charge >= 0.3 is 5.97 Å².